The minimum absolute atomic E-state index is 0.165. The minimum atomic E-state index is 0.165. The summed E-state index contributed by atoms with van der Waals surface area (Å²) in [7, 11) is 0. The maximum absolute atomic E-state index is 6.36. The molecule has 0 spiro atoms. The molecule has 21 heavy (non-hydrogen) atoms. The van der Waals surface area contributed by atoms with Gasteiger partial charge in [-0.05, 0) is 31.4 Å². The monoisotopic (exact) mass is 282 g/mol. The summed E-state index contributed by atoms with van der Waals surface area (Å²) in [4.78, 5) is 2.45. The lowest BCUT2D eigenvalue weighted by molar-refractivity contribution is 0.199. The van der Waals surface area contributed by atoms with Crippen LogP contribution in [-0.4, -0.2) is 23.5 Å². The molecule has 0 saturated carbocycles. The molecule has 2 aromatic rings. The lowest BCUT2D eigenvalue weighted by atomic mass is 10.1. The van der Waals surface area contributed by atoms with E-state index in [9.17, 15) is 0 Å². The normalized spacial score (nSPS) is 12.8. The first-order chi connectivity index (χ1) is 10.1. The minimum Gasteiger partial charge on any atom is -0.326 e. The number of hydrogen-bond donors (Lipinski definition) is 1. The van der Waals surface area contributed by atoms with Crippen LogP contribution in [0.2, 0.25) is 0 Å². The predicted octanol–water partition coefficient (Wildman–Crippen LogP) is 3.47. The fourth-order valence-corrected chi connectivity index (χ4v) is 2.56. The molecule has 2 rings (SSSR count). The molecular formula is C19H26N2. The zero-order valence-electron chi connectivity index (χ0n) is 13.1. The lowest BCUT2D eigenvalue weighted by Crippen LogP contribution is -2.41. The Kier molecular flexibility index (Phi) is 5.97. The molecule has 2 N–H and O–H groups in total. The molecule has 112 valence electrons. The Morgan fingerprint density at radius 3 is 1.90 bits per heavy atom. The topological polar surface area (TPSA) is 29.3 Å². The molecule has 2 heteroatoms. The highest BCUT2D eigenvalue weighted by atomic mass is 15.2. The zero-order valence-corrected chi connectivity index (χ0v) is 13.1. The van der Waals surface area contributed by atoms with Crippen molar-refractivity contribution in [1.29, 1.82) is 0 Å². The smallest absolute Gasteiger partial charge is 0.0237 e. The van der Waals surface area contributed by atoms with Crippen molar-refractivity contribution in [1.82, 2.24) is 4.90 Å². The van der Waals surface area contributed by atoms with Crippen LogP contribution >= 0.6 is 0 Å². The van der Waals surface area contributed by atoms with Gasteiger partial charge < -0.3 is 5.73 Å². The standard InChI is InChI=1S/C19H26N2/c1-16(2)21(14-18-11-7-4-8-12-18)15-19(20)13-17-9-5-3-6-10-17/h3-12,16,19H,13-15,20H2,1-2H3/t19-/m0/s1. The maximum atomic E-state index is 6.36. The maximum Gasteiger partial charge on any atom is 0.0237 e. The first kappa shape index (κ1) is 15.7. The largest absolute Gasteiger partial charge is 0.326 e. The van der Waals surface area contributed by atoms with Gasteiger partial charge >= 0.3 is 0 Å². The summed E-state index contributed by atoms with van der Waals surface area (Å²) >= 11 is 0. The van der Waals surface area contributed by atoms with E-state index in [1.165, 1.54) is 11.1 Å². The molecule has 2 aromatic carbocycles. The van der Waals surface area contributed by atoms with Crippen molar-refractivity contribution in [3.05, 3.63) is 71.8 Å². The second kappa shape index (κ2) is 7.96. The van der Waals surface area contributed by atoms with E-state index in [0.717, 1.165) is 19.5 Å². The van der Waals surface area contributed by atoms with Gasteiger partial charge in [0, 0.05) is 25.2 Å². The highest BCUT2D eigenvalue weighted by Crippen LogP contribution is 2.10. The van der Waals surface area contributed by atoms with Crippen LogP contribution in [0, 0.1) is 0 Å². The molecule has 2 nitrogen and oxygen atoms in total. The Labute approximate surface area is 128 Å². The van der Waals surface area contributed by atoms with Gasteiger partial charge in [-0.2, -0.15) is 0 Å². The highest BCUT2D eigenvalue weighted by molar-refractivity contribution is 5.16. The number of nitrogens with zero attached hydrogens (tertiary/aromatic N) is 1. The van der Waals surface area contributed by atoms with Crippen LogP contribution in [0.15, 0.2) is 60.7 Å². The summed E-state index contributed by atoms with van der Waals surface area (Å²) in [6.07, 6.45) is 0.929. The number of benzene rings is 2. The van der Waals surface area contributed by atoms with E-state index in [0.29, 0.717) is 6.04 Å². The summed E-state index contributed by atoms with van der Waals surface area (Å²) < 4.78 is 0. The van der Waals surface area contributed by atoms with Crippen molar-refractivity contribution in [2.24, 2.45) is 5.73 Å². The highest BCUT2D eigenvalue weighted by Gasteiger charge is 2.14. The van der Waals surface area contributed by atoms with Gasteiger partial charge in [0.2, 0.25) is 0 Å². The third-order valence-corrected chi connectivity index (χ3v) is 3.77. The molecule has 0 aliphatic rings. The molecular weight excluding hydrogens is 256 g/mol. The van der Waals surface area contributed by atoms with Crippen LogP contribution in [-0.2, 0) is 13.0 Å². The van der Waals surface area contributed by atoms with Gasteiger partial charge in [-0.15, -0.1) is 0 Å². The average molecular weight is 282 g/mol. The fourth-order valence-electron chi connectivity index (χ4n) is 2.56. The first-order valence-corrected chi connectivity index (χ1v) is 7.72. The van der Waals surface area contributed by atoms with Gasteiger partial charge in [-0.1, -0.05) is 60.7 Å². The van der Waals surface area contributed by atoms with Crippen LogP contribution in [0.1, 0.15) is 25.0 Å². The van der Waals surface area contributed by atoms with E-state index >= 15 is 0 Å². The molecule has 0 bridgehead atoms. The van der Waals surface area contributed by atoms with Crippen LogP contribution in [0.5, 0.6) is 0 Å². The van der Waals surface area contributed by atoms with Gasteiger partial charge in [0.05, 0.1) is 0 Å². The fraction of sp³-hybridized carbons (Fsp3) is 0.368. The molecule has 0 aliphatic carbocycles. The van der Waals surface area contributed by atoms with Gasteiger partial charge in [0.1, 0.15) is 0 Å². The molecule has 0 saturated heterocycles. The van der Waals surface area contributed by atoms with E-state index < -0.39 is 0 Å². The van der Waals surface area contributed by atoms with E-state index in [1.807, 2.05) is 6.07 Å². The molecule has 0 aromatic heterocycles. The molecule has 0 radical (unpaired) electrons. The third-order valence-electron chi connectivity index (χ3n) is 3.77. The summed E-state index contributed by atoms with van der Waals surface area (Å²) in [5.41, 5.74) is 9.02. The lowest BCUT2D eigenvalue weighted by Gasteiger charge is -2.29. The second-order valence-corrected chi connectivity index (χ2v) is 5.96. The third kappa shape index (κ3) is 5.33. The van der Waals surface area contributed by atoms with Gasteiger partial charge in [-0.3, -0.25) is 4.90 Å². The Balaban J connectivity index is 1.93. The number of hydrogen-bond acceptors (Lipinski definition) is 2. The van der Waals surface area contributed by atoms with Crippen molar-refractivity contribution in [2.75, 3.05) is 6.54 Å². The van der Waals surface area contributed by atoms with Crippen molar-refractivity contribution >= 4 is 0 Å². The Morgan fingerprint density at radius 2 is 1.38 bits per heavy atom. The van der Waals surface area contributed by atoms with Crippen LogP contribution in [0.3, 0.4) is 0 Å². The summed E-state index contributed by atoms with van der Waals surface area (Å²) in [5, 5.41) is 0. The Hall–Kier alpha value is -1.64. The molecule has 0 aliphatic heterocycles. The van der Waals surface area contributed by atoms with Gasteiger partial charge in [0.25, 0.3) is 0 Å². The second-order valence-electron chi connectivity index (χ2n) is 5.96. The quantitative estimate of drug-likeness (QED) is 0.842. The van der Waals surface area contributed by atoms with Crippen LogP contribution in [0.25, 0.3) is 0 Å². The number of nitrogens with two attached hydrogens (primary N) is 1. The zero-order chi connectivity index (χ0) is 15.1. The average Bonchev–Trinajstić information content (AvgIpc) is 2.48. The van der Waals surface area contributed by atoms with Crippen LogP contribution in [0.4, 0.5) is 0 Å². The first-order valence-electron chi connectivity index (χ1n) is 7.72. The molecule has 0 fully saturated rings. The molecule has 0 amide bonds. The molecule has 1 atom stereocenters. The van der Waals surface area contributed by atoms with Crippen molar-refractivity contribution in [3.63, 3.8) is 0 Å². The van der Waals surface area contributed by atoms with Crippen LogP contribution < -0.4 is 5.73 Å². The Morgan fingerprint density at radius 1 is 0.857 bits per heavy atom. The Bertz CT molecular complexity index is 508. The van der Waals surface area contributed by atoms with E-state index in [-0.39, 0.29) is 6.04 Å². The summed E-state index contributed by atoms with van der Waals surface area (Å²) in [6.45, 7) is 6.35. The van der Waals surface area contributed by atoms with Crippen molar-refractivity contribution in [2.45, 2.75) is 38.9 Å². The molecule has 0 unspecified atom stereocenters. The van der Waals surface area contributed by atoms with E-state index in [2.05, 4.69) is 73.3 Å². The van der Waals surface area contributed by atoms with Crippen molar-refractivity contribution < 1.29 is 0 Å². The number of rotatable bonds is 7. The SMILES string of the molecule is CC(C)N(Cc1ccccc1)C[C@@H](N)Cc1ccccc1. The van der Waals surface area contributed by atoms with E-state index in [4.69, 9.17) is 5.73 Å². The van der Waals surface area contributed by atoms with Gasteiger partial charge in [-0.25, -0.2) is 0 Å². The summed E-state index contributed by atoms with van der Waals surface area (Å²) in [6, 6.07) is 21.8. The predicted molar refractivity (Wildman–Crippen MR) is 90.1 cm³/mol. The molecule has 0 heterocycles. The van der Waals surface area contributed by atoms with Gasteiger partial charge in [0.15, 0.2) is 0 Å². The van der Waals surface area contributed by atoms with E-state index in [1.54, 1.807) is 0 Å². The summed E-state index contributed by atoms with van der Waals surface area (Å²) in [5.74, 6) is 0. The van der Waals surface area contributed by atoms with Crippen molar-refractivity contribution in [3.8, 4) is 0 Å².